The van der Waals surface area contributed by atoms with Gasteiger partial charge in [-0.2, -0.15) is 0 Å². The number of hydrogen-bond acceptors (Lipinski definition) is 4. The minimum atomic E-state index is -1.30. The van der Waals surface area contributed by atoms with Crippen LogP contribution in [0.15, 0.2) is 24.3 Å². The van der Waals surface area contributed by atoms with E-state index in [2.05, 4.69) is 5.32 Å². The summed E-state index contributed by atoms with van der Waals surface area (Å²) in [4.78, 5) is 22.6. The Balaban J connectivity index is 2.59. The Bertz CT molecular complexity index is 455. The quantitative estimate of drug-likeness (QED) is 0.679. The largest absolute Gasteiger partial charge is 0.494 e. The average molecular weight is 281 g/mol. The highest BCUT2D eigenvalue weighted by atomic mass is 16.5. The van der Waals surface area contributed by atoms with Gasteiger partial charge in [-0.25, -0.2) is 4.79 Å². The van der Waals surface area contributed by atoms with Crippen molar-refractivity contribution in [3.05, 3.63) is 29.8 Å². The third-order valence-electron chi connectivity index (χ3n) is 2.66. The van der Waals surface area contributed by atoms with Gasteiger partial charge in [0.1, 0.15) is 5.75 Å². The molecule has 0 saturated carbocycles. The molecule has 110 valence electrons. The van der Waals surface area contributed by atoms with Crippen LogP contribution in [0.2, 0.25) is 0 Å². The van der Waals surface area contributed by atoms with Crippen molar-refractivity contribution in [2.75, 3.05) is 6.61 Å². The van der Waals surface area contributed by atoms with Crippen LogP contribution in [0.5, 0.6) is 5.75 Å². The first-order chi connectivity index (χ1) is 9.43. The van der Waals surface area contributed by atoms with Gasteiger partial charge in [-0.05, 0) is 31.5 Å². The van der Waals surface area contributed by atoms with Gasteiger partial charge in [0.2, 0.25) is 5.91 Å². The number of aliphatic hydroxyl groups excluding tert-OH is 1. The summed E-state index contributed by atoms with van der Waals surface area (Å²) in [5.74, 6) is -1.01. The Hall–Kier alpha value is -2.08. The molecule has 0 spiro atoms. The van der Waals surface area contributed by atoms with Gasteiger partial charge in [-0.15, -0.1) is 0 Å². The van der Waals surface area contributed by atoms with Gasteiger partial charge < -0.3 is 20.3 Å². The molecule has 0 heterocycles. The standard InChI is InChI=1S/C14H19NO5/c1-3-20-11-6-4-10(5-7-11)8-12(17)15-13(9(2)16)14(18)19/h4-7,9,13,16H,3,8H2,1-2H3,(H,15,17)(H,18,19). The molecule has 6 nitrogen and oxygen atoms in total. The highest BCUT2D eigenvalue weighted by Crippen LogP contribution is 2.12. The van der Waals surface area contributed by atoms with E-state index in [0.29, 0.717) is 12.4 Å². The zero-order chi connectivity index (χ0) is 15.1. The Morgan fingerprint density at radius 1 is 1.30 bits per heavy atom. The summed E-state index contributed by atoms with van der Waals surface area (Å²) in [5.41, 5.74) is 0.737. The minimum absolute atomic E-state index is 0.0445. The van der Waals surface area contributed by atoms with E-state index in [4.69, 9.17) is 9.84 Å². The summed E-state index contributed by atoms with van der Waals surface area (Å²) >= 11 is 0. The molecule has 1 amide bonds. The third-order valence-corrected chi connectivity index (χ3v) is 2.66. The van der Waals surface area contributed by atoms with Crippen LogP contribution in [0.1, 0.15) is 19.4 Å². The van der Waals surface area contributed by atoms with Crippen LogP contribution >= 0.6 is 0 Å². The van der Waals surface area contributed by atoms with E-state index in [9.17, 15) is 14.7 Å². The first-order valence-electron chi connectivity index (χ1n) is 6.36. The molecule has 0 aliphatic rings. The lowest BCUT2D eigenvalue weighted by molar-refractivity contribution is -0.144. The lowest BCUT2D eigenvalue weighted by Crippen LogP contribution is -2.48. The number of carbonyl (C=O) groups is 2. The second-order valence-corrected chi connectivity index (χ2v) is 4.38. The summed E-state index contributed by atoms with van der Waals surface area (Å²) in [6.07, 6.45) is -1.11. The first kappa shape index (κ1) is 16.0. The van der Waals surface area contributed by atoms with E-state index in [1.54, 1.807) is 24.3 Å². The van der Waals surface area contributed by atoms with Gasteiger partial charge in [-0.1, -0.05) is 12.1 Å². The van der Waals surface area contributed by atoms with Gasteiger partial charge in [0.05, 0.1) is 19.1 Å². The number of carbonyl (C=O) groups excluding carboxylic acids is 1. The zero-order valence-corrected chi connectivity index (χ0v) is 11.5. The number of hydrogen-bond donors (Lipinski definition) is 3. The van der Waals surface area contributed by atoms with Crippen LogP contribution in [0.3, 0.4) is 0 Å². The Labute approximate surface area is 117 Å². The van der Waals surface area contributed by atoms with E-state index in [-0.39, 0.29) is 6.42 Å². The summed E-state index contributed by atoms with van der Waals surface area (Å²) in [6, 6.07) is 5.67. The molecule has 0 aromatic heterocycles. The molecule has 0 saturated heterocycles. The van der Waals surface area contributed by atoms with Crippen LogP contribution in [0, 0.1) is 0 Å². The molecule has 20 heavy (non-hydrogen) atoms. The van der Waals surface area contributed by atoms with Gasteiger partial charge >= 0.3 is 5.97 Å². The number of benzene rings is 1. The molecule has 3 N–H and O–H groups in total. The van der Waals surface area contributed by atoms with Crippen molar-refractivity contribution in [1.29, 1.82) is 0 Å². The molecule has 0 fully saturated rings. The number of aliphatic hydroxyl groups is 1. The Morgan fingerprint density at radius 3 is 2.35 bits per heavy atom. The van der Waals surface area contributed by atoms with Gasteiger partial charge in [0.15, 0.2) is 6.04 Å². The van der Waals surface area contributed by atoms with Gasteiger partial charge in [-0.3, -0.25) is 4.79 Å². The summed E-state index contributed by atoms with van der Waals surface area (Å²) in [5, 5.41) is 20.4. The number of nitrogens with one attached hydrogen (secondary N) is 1. The monoisotopic (exact) mass is 281 g/mol. The molecule has 0 bridgehead atoms. The molecule has 1 aromatic rings. The second kappa shape index (κ2) is 7.49. The summed E-state index contributed by atoms with van der Waals surface area (Å²) < 4.78 is 5.28. The fourth-order valence-electron chi connectivity index (χ4n) is 1.67. The van der Waals surface area contributed by atoms with Crippen molar-refractivity contribution in [2.24, 2.45) is 0 Å². The molecule has 2 unspecified atom stereocenters. The molecular weight excluding hydrogens is 262 g/mol. The number of ether oxygens (including phenoxy) is 1. The Morgan fingerprint density at radius 2 is 1.90 bits per heavy atom. The second-order valence-electron chi connectivity index (χ2n) is 4.38. The maximum atomic E-state index is 11.7. The molecule has 0 aliphatic heterocycles. The number of rotatable bonds is 7. The summed E-state index contributed by atoms with van der Waals surface area (Å²) in [6.45, 7) is 3.76. The van der Waals surface area contributed by atoms with E-state index in [1.807, 2.05) is 6.92 Å². The predicted octanol–water partition coefficient (Wildman–Crippen LogP) is 0.578. The van der Waals surface area contributed by atoms with Crippen LogP contribution in [-0.2, 0) is 16.0 Å². The number of amides is 1. The van der Waals surface area contributed by atoms with E-state index < -0.39 is 24.0 Å². The first-order valence-corrected chi connectivity index (χ1v) is 6.36. The predicted molar refractivity (Wildman–Crippen MR) is 72.6 cm³/mol. The molecule has 2 atom stereocenters. The topological polar surface area (TPSA) is 95.9 Å². The van der Waals surface area contributed by atoms with Crippen LogP contribution < -0.4 is 10.1 Å². The van der Waals surface area contributed by atoms with E-state index in [1.165, 1.54) is 6.92 Å². The normalized spacial score (nSPS) is 13.3. The van der Waals surface area contributed by atoms with Crippen molar-refractivity contribution in [1.82, 2.24) is 5.32 Å². The summed E-state index contributed by atoms with van der Waals surface area (Å²) in [7, 11) is 0. The smallest absolute Gasteiger partial charge is 0.328 e. The fraction of sp³-hybridized carbons (Fsp3) is 0.429. The zero-order valence-electron chi connectivity index (χ0n) is 11.5. The SMILES string of the molecule is CCOc1ccc(CC(=O)NC(C(=O)O)C(C)O)cc1. The van der Waals surface area contributed by atoms with E-state index >= 15 is 0 Å². The Kier molecular flexibility index (Phi) is 5.99. The molecular formula is C14H19NO5. The molecule has 6 heteroatoms. The van der Waals surface area contributed by atoms with Crippen molar-refractivity contribution in [2.45, 2.75) is 32.4 Å². The molecule has 1 rings (SSSR count). The average Bonchev–Trinajstić information content (AvgIpc) is 2.38. The van der Waals surface area contributed by atoms with Crippen LogP contribution in [-0.4, -0.2) is 40.8 Å². The maximum absolute atomic E-state index is 11.7. The lowest BCUT2D eigenvalue weighted by atomic mass is 10.1. The van der Waals surface area contributed by atoms with E-state index in [0.717, 1.165) is 5.56 Å². The van der Waals surface area contributed by atoms with Crippen molar-refractivity contribution in [3.63, 3.8) is 0 Å². The third kappa shape index (κ3) is 4.89. The molecule has 0 aliphatic carbocycles. The van der Waals surface area contributed by atoms with Gasteiger partial charge in [0.25, 0.3) is 0 Å². The molecule has 1 aromatic carbocycles. The van der Waals surface area contributed by atoms with Crippen LogP contribution in [0.25, 0.3) is 0 Å². The lowest BCUT2D eigenvalue weighted by Gasteiger charge is -2.17. The highest BCUT2D eigenvalue weighted by molar-refractivity contribution is 5.85. The number of carboxylic acid groups (broad SMARTS) is 1. The van der Waals surface area contributed by atoms with Crippen molar-refractivity contribution < 1.29 is 24.5 Å². The maximum Gasteiger partial charge on any atom is 0.328 e. The van der Waals surface area contributed by atoms with Gasteiger partial charge in [0, 0.05) is 0 Å². The molecule has 0 radical (unpaired) electrons. The van der Waals surface area contributed by atoms with Crippen molar-refractivity contribution >= 4 is 11.9 Å². The fourth-order valence-corrected chi connectivity index (χ4v) is 1.67. The minimum Gasteiger partial charge on any atom is -0.494 e. The number of aliphatic carboxylic acids is 1. The highest BCUT2D eigenvalue weighted by Gasteiger charge is 2.24. The number of carboxylic acids is 1. The van der Waals surface area contributed by atoms with Crippen molar-refractivity contribution in [3.8, 4) is 5.75 Å². The van der Waals surface area contributed by atoms with Crippen LogP contribution in [0.4, 0.5) is 0 Å².